The minimum absolute atomic E-state index is 0.214. The molecule has 0 fully saturated rings. The van der Waals surface area contributed by atoms with E-state index in [0.29, 0.717) is 27.4 Å². The second-order valence-electron chi connectivity index (χ2n) is 7.60. The number of nitriles is 1. The second-order valence-corrected chi connectivity index (χ2v) is 8.46. The van der Waals surface area contributed by atoms with Gasteiger partial charge >= 0.3 is 5.97 Å². The first-order valence-corrected chi connectivity index (χ1v) is 11.1. The van der Waals surface area contributed by atoms with Gasteiger partial charge in [0, 0.05) is 0 Å². The standard InChI is InChI=1S/C26H20BrN3O4/c1-15-3-8-21-22(9-15)30-25(29-21)19(13-28)10-17-11-20(27)24(23(12-17)33-2)34-14-16-4-6-18(7-5-16)26(31)32/h3-12H,14H2,1-2H3,(H,29,30)(H,31,32)/b19-10-. The normalized spacial score (nSPS) is 11.3. The molecule has 0 radical (unpaired) electrons. The molecule has 7 nitrogen and oxygen atoms in total. The van der Waals surface area contributed by atoms with E-state index in [1.165, 1.54) is 19.2 Å². The van der Waals surface area contributed by atoms with Crippen molar-refractivity contribution < 1.29 is 19.4 Å². The Bertz CT molecular complexity index is 1450. The minimum Gasteiger partial charge on any atom is -0.493 e. The van der Waals surface area contributed by atoms with Crippen LogP contribution in [-0.4, -0.2) is 28.2 Å². The first kappa shape index (κ1) is 23.1. The number of carbonyl (C=O) groups is 1. The lowest BCUT2D eigenvalue weighted by atomic mass is 10.1. The number of hydrogen-bond donors (Lipinski definition) is 2. The molecule has 0 spiro atoms. The number of aromatic carboxylic acids is 1. The van der Waals surface area contributed by atoms with Gasteiger partial charge in [0.25, 0.3) is 0 Å². The Morgan fingerprint density at radius 2 is 1.97 bits per heavy atom. The van der Waals surface area contributed by atoms with E-state index in [1.807, 2.05) is 31.2 Å². The molecular formula is C26H20BrN3O4. The fourth-order valence-corrected chi connectivity index (χ4v) is 4.01. The third-order valence-electron chi connectivity index (χ3n) is 5.16. The molecule has 0 saturated heterocycles. The molecule has 0 aliphatic rings. The van der Waals surface area contributed by atoms with Crippen LogP contribution < -0.4 is 9.47 Å². The Labute approximate surface area is 204 Å². The molecular weight excluding hydrogens is 498 g/mol. The van der Waals surface area contributed by atoms with E-state index < -0.39 is 5.97 Å². The van der Waals surface area contributed by atoms with Gasteiger partial charge < -0.3 is 19.6 Å². The molecule has 0 amide bonds. The molecule has 0 aliphatic heterocycles. The number of rotatable bonds is 7. The Balaban J connectivity index is 1.60. The van der Waals surface area contributed by atoms with Gasteiger partial charge in [-0.2, -0.15) is 5.26 Å². The number of hydrogen-bond acceptors (Lipinski definition) is 5. The summed E-state index contributed by atoms with van der Waals surface area (Å²) < 4.78 is 12.1. The fourth-order valence-electron chi connectivity index (χ4n) is 3.43. The molecule has 8 heteroatoms. The molecule has 1 heterocycles. The molecule has 4 rings (SSSR count). The molecule has 0 aliphatic carbocycles. The van der Waals surface area contributed by atoms with E-state index in [2.05, 4.69) is 32.0 Å². The number of nitrogens with zero attached hydrogens (tertiary/aromatic N) is 2. The highest BCUT2D eigenvalue weighted by Gasteiger charge is 2.14. The molecule has 0 bridgehead atoms. The van der Waals surface area contributed by atoms with Crippen LogP contribution >= 0.6 is 15.9 Å². The van der Waals surface area contributed by atoms with Crippen LogP contribution in [0.3, 0.4) is 0 Å². The van der Waals surface area contributed by atoms with Crippen LogP contribution in [-0.2, 0) is 6.61 Å². The lowest BCUT2D eigenvalue weighted by Crippen LogP contribution is -2.01. The first-order chi connectivity index (χ1) is 16.4. The number of imidazole rings is 1. The van der Waals surface area contributed by atoms with Gasteiger partial charge in [-0.25, -0.2) is 9.78 Å². The van der Waals surface area contributed by atoms with Gasteiger partial charge in [0.05, 0.1) is 33.8 Å². The fraction of sp³-hybridized carbons (Fsp3) is 0.115. The number of aromatic amines is 1. The zero-order valence-corrected chi connectivity index (χ0v) is 20.0. The van der Waals surface area contributed by atoms with Crippen LogP contribution in [0.4, 0.5) is 0 Å². The van der Waals surface area contributed by atoms with Crippen molar-refractivity contribution in [2.24, 2.45) is 0 Å². The Hall–Kier alpha value is -4.09. The summed E-state index contributed by atoms with van der Waals surface area (Å²) in [7, 11) is 1.54. The van der Waals surface area contributed by atoms with Crippen molar-refractivity contribution in [1.29, 1.82) is 5.26 Å². The summed E-state index contributed by atoms with van der Waals surface area (Å²) in [5, 5.41) is 18.8. The van der Waals surface area contributed by atoms with Gasteiger partial charge in [0.2, 0.25) is 0 Å². The molecule has 0 saturated carbocycles. The Morgan fingerprint density at radius 3 is 2.65 bits per heavy atom. The maximum Gasteiger partial charge on any atom is 0.335 e. The molecule has 170 valence electrons. The number of aromatic nitrogens is 2. The summed E-state index contributed by atoms with van der Waals surface area (Å²) in [6, 6.07) is 18.2. The summed E-state index contributed by atoms with van der Waals surface area (Å²) in [6.45, 7) is 2.23. The molecule has 34 heavy (non-hydrogen) atoms. The maximum absolute atomic E-state index is 11.0. The van der Waals surface area contributed by atoms with Crippen molar-refractivity contribution in [3.8, 4) is 17.6 Å². The number of methoxy groups -OCH3 is 1. The third-order valence-corrected chi connectivity index (χ3v) is 5.75. The topological polar surface area (TPSA) is 108 Å². The van der Waals surface area contributed by atoms with Gasteiger partial charge in [-0.1, -0.05) is 18.2 Å². The predicted molar refractivity (Wildman–Crippen MR) is 133 cm³/mol. The number of ether oxygens (including phenoxy) is 2. The van der Waals surface area contributed by atoms with Gasteiger partial charge in [0.15, 0.2) is 11.5 Å². The van der Waals surface area contributed by atoms with Crippen LogP contribution in [0.25, 0.3) is 22.7 Å². The van der Waals surface area contributed by atoms with E-state index in [4.69, 9.17) is 14.6 Å². The number of aryl methyl sites for hydroxylation is 1. The molecule has 2 N–H and O–H groups in total. The van der Waals surface area contributed by atoms with Crippen molar-refractivity contribution >= 4 is 44.6 Å². The summed E-state index contributed by atoms with van der Waals surface area (Å²) in [5.41, 5.74) is 4.91. The molecule has 0 atom stereocenters. The van der Waals surface area contributed by atoms with E-state index in [-0.39, 0.29) is 12.2 Å². The molecule has 4 aromatic rings. The number of halogens is 1. The number of benzene rings is 3. The van der Waals surface area contributed by atoms with E-state index in [9.17, 15) is 10.1 Å². The summed E-state index contributed by atoms with van der Waals surface area (Å²) in [6.07, 6.45) is 1.73. The highest BCUT2D eigenvalue weighted by atomic mass is 79.9. The van der Waals surface area contributed by atoms with Crippen molar-refractivity contribution in [3.63, 3.8) is 0 Å². The van der Waals surface area contributed by atoms with Crippen molar-refractivity contribution in [1.82, 2.24) is 9.97 Å². The number of allylic oxidation sites excluding steroid dienone is 1. The largest absolute Gasteiger partial charge is 0.493 e. The van der Waals surface area contributed by atoms with E-state index in [0.717, 1.165) is 27.7 Å². The lowest BCUT2D eigenvalue weighted by Gasteiger charge is -2.14. The third kappa shape index (κ3) is 4.95. The van der Waals surface area contributed by atoms with Gasteiger partial charge in [-0.05, 0) is 82.0 Å². The molecule has 0 unspecified atom stereocenters. The van der Waals surface area contributed by atoms with Gasteiger partial charge in [-0.3, -0.25) is 0 Å². The van der Waals surface area contributed by atoms with Crippen LogP contribution in [0.15, 0.2) is 59.1 Å². The highest BCUT2D eigenvalue weighted by molar-refractivity contribution is 9.10. The molecule has 1 aromatic heterocycles. The van der Waals surface area contributed by atoms with Gasteiger partial charge in [-0.15, -0.1) is 0 Å². The van der Waals surface area contributed by atoms with Crippen molar-refractivity contribution in [2.45, 2.75) is 13.5 Å². The quantitative estimate of drug-likeness (QED) is 0.291. The monoisotopic (exact) mass is 517 g/mol. The van der Waals surface area contributed by atoms with Crippen molar-refractivity contribution in [2.75, 3.05) is 7.11 Å². The summed E-state index contributed by atoms with van der Waals surface area (Å²) in [4.78, 5) is 18.8. The summed E-state index contributed by atoms with van der Waals surface area (Å²) in [5.74, 6) is 0.498. The average Bonchev–Trinajstić information content (AvgIpc) is 3.24. The zero-order valence-electron chi connectivity index (χ0n) is 18.4. The van der Waals surface area contributed by atoms with Crippen LogP contribution in [0.1, 0.15) is 32.9 Å². The number of H-pyrrole nitrogens is 1. The van der Waals surface area contributed by atoms with Crippen molar-refractivity contribution in [3.05, 3.63) is 87.1 Å². The minimum atomic E-state index is -0.977. The Morgan fingerprint density at radius 1 is 1.21 bits per heavy atom. The van der Waals surface area contributed by atoms with E-state index >= 15 is 0 Å². The predicted octanol–water partition coefficient (Wildman–Crippen LogP) is 5.98. The Kier molecular flexibility index (Phi) is 6.66. The number of carboxylic acid groups (broad SMARTS) is 1. The maximum atomic E-state index is 11.0. The van der Waals surface area contributed by atoms with Crippen LogP contribution in [0.5, 0.6) is 11.5 Å². The highest BCUT2D eigenvalue weighted by Crippen LogP contribution is 2.38. The lowest BCUT2D eigenvalue weighted by molar-refractivity contribution is 0.0697. The number of nitrogens with one attached hydrogen (secondary N) is 1. The molecule has 3 aromatic carbocycles. The average molecular weight is 518 g/mol. The zero-order chi connectivity index (χ0) is 24.2. The SMILES string of the molecule is COc1cc(/C=C(/C#N)c2nc3ccc(C)cc3[nH]2)cc(Br)c1OCc1ccc(C(=O)O)cc1. The summed E-state index contributed by atoms with van der Waals surface area (Å²) >= 11 is 3.53. The van der Waals surface area contributed by atoms with Crippen LogP contribution in [0.2, 0.25) is 0 Å². The number of carboxylic acids is 1. The second kappa shape index (κ2) is 9.81. The van der Waals surface area contributed by atoms with E-state index in [1.54, 1.807) is 24.3 Å². The smallest absolute Gasteiger partial charge is 0.335 e. The van der Waals surface area contributed by atoms with Gasteiger partial charge in [0.1, 0.15) is 18.5 Å². The number of fused-ring (bicyclic) bond motifs is 1. The first-order valence-electron chi connectivity index (χ1n) is 10.3. The van der Waals surface area contributed by atoms with Crippen LogP contribution in [0, 0.1) is 18.3 Å².